The van der Waals surface area contributed by atoms with E-state index in [1.807, 2.05) is 0 Å². The molecule has 1 nitrogen and oxygen atoms in total. The van der Waals surface area contributed by atoms with Gasteiger partial charge in [-0.3, -0.25) is 0 Å². The Balaban J connectivity index is 2.24. The first kappa shape index (κ1) is 10.9. The molecule has 1 aliphatic rings. The van der Waals surface area contributed by atoms with E-state index in [0.29, 0.717) is 21.2 Å². The monoisotopic (exact) mass is 298 g/mol. The van der Waals surface area contributed by atoms with Gasteiger partial charge in [-0.2, -0.15) is 0 Å². The Morgan fingerprint density at radius 1 is 1.67 bits per heavy atom. The third kappa shape index (κ3) is 3.71. The fourth-order valence-electron chi connectivity index (χ4n) is 1.49. The molecule has 1 atom stereocenters. The number of halogens is 1. The van der Waals surface area contributed by atoms with Gasteiger partial charge in [0.05, 0.1) is 0 Å². The van der Waals surface area contributed by atoms with Gasteiger partial charge in [0.15, 0.2) is 0 Å². The van der Waals surface area contributed by atoms with Gasteiger partial charge in [0.25, 0.3) is 0 Å². The second-order valence-electron chi connectivity index (χ2n) is 3.17. The maximum atomic E-state index is 3.89. The molecule has 0 saturated carbocycles. The zero-order valence-electron chi connectivity index (χ0n) is 7.80. The summed E-state index contributed by atoms with van der Waals surface area (Å²) < 4.78 is 2.60. The molecule has 0 N–H and O–H groups in total. The van der Waals surface area contributed by atoms with Crippen LogP contribution in [0.4, 0.5) is 0 Å². The summed E-state index contributed by atoms with van der Waals surface area (Å²) >= 11 is 0.539. The van der Waals surface area contributed by atoms with Gasteiger partial charge in [0.2, 0.25) is 0 Å². The molecule has 1 saturated heterocycles. The molecule has 0 bridgehead atoms. The van der Waals surface area contributed by atoms with E-state index in [-0.39, 0.29) is 0 Å². The Labute approximate surface area is 88.0 Å². The number of nitrogens with zero attached hydrogens (tertiary/aromatic N) is 1. The number of alkyl halides is 2. The van der Waals surface area contributed by atoms with Crippen molar-refractivity contribution in [3.63, 3.8) is 0 Å². The number of rotatable bonds is 4. The van der Waals surface area contributed by atoms with E-state index in [4.69, 9.17) is 0 Å². The Bertz CT molecular complexity index is 138. The summed E-state index contributed by atoms with van der Waals surface area (Å²) in [5, 5.41) is 0. The van der Waals surface area contributed by atoms with Gasteiger partial charge in [-0.1, -0.05) is 0 Å². The van der Waals surface area contributed by atoms with Crippen molar-refractivity contribution in [2.45, 2.75) is 23.7 Å². The van der Waals surface area contributed by atoms with E-state index in [1.165, 1.54) is 44.8 Å². The third-order valence-corrected chi connectivity index (χ3v) is 6.05. The Kier molecular flexibility index (Phi) is 5.77. The van der Waals surface area contributed by atoms with Gasteiger partial charge in [-0.05, 0) is 0 Å². The second-order valence-corrected chi connectivity index (χ2v) is 7.62. The molecule has 1 heterocycles. The van der Waals surface area contributed by atoms with Crippen molar-refractivity contribution in [2.24, 2.45) is 0 Å². The van der Waals surface area contributed by atoms with Crippen molar-refractivity contribution < 1.29 is 21.2 Å². The van der Waals surface area contributed by atoms with Gasteiger partial charge < -0.3 is 0 Å². The molecule has 0 aromatic heterocycles. The zero-order valence-corrected chi connectivity index (χ0v) is 10.9. The first-order chi connectivity index (χ1) is 5.86. The summed E-state index contributed by atoms with van der Waals surface area (Å²) in [5.41, 5.74) is 0. The van der Waals surface area contributed by atoms with E-state index in [0.717, 1.165) is 3.92 Å². The van der Waals surface area contributed by atoms with E-state index in [2.05, 4.69) is 18.1 Å². The quantitative estimate of drug-likeness (QED) is 0.362. The van der Waals surface area contributed by atoms with Crippen LogP contribution in [-0.2, 0) is 0 Å². The van der Waals surface area contributed by atoms with E-state index in [9.17, 15) is 0 Å². The van der Waals surface area contributed by atoms with Crippen LogP contribution in [0.25, 0.3) is 0 Å². The van der Waals surface area contributed by atoms with Crippen LogP contribution in [-0.4, -0.2) is 38.9 Å². The average Bonchev–Trinajstić information content (AvgIpc) is 2.06. The topological polar surface area (TPSA) is 3.24 Å². The molecule has 0 radical (unpaired) electrons. The molecular formula is C9H18INP-. The van der Waals surface area contributed by atoms with Crippen LogP contribution >= 0.6 is 8.20 Å². The molecule has 0 spiro atoms. The van der Waals surface area contributed by atoms with Gasteiger partial charge in [0.1, 0.15) is 0 Å². The fourth-order valence-corrected chi connectivity index (χ4v) is 5.77. The zero-order chi connectivity index (χ0) is 8.81. The summed E-state index contributed by atoms with van der Waals surface area (Å²) in [5.74, 6) is 0. The second kappa shape index (κ2) is 6.33. The minimum atomic E-state index is 0.539. The van der Waals surface area contributed by atoms with Crippen molar-refractivity contribution >= 4 is 14.5 Å². The summed E-state index contributed by atoms with van der Waals surface area (Å²) in [6.07, 6.45) is 7.93. The van der Waals surface area contributed by atoms with Crippen LogP contribution in [0.1, 0.15) is 19.8 Å². The first-order valence-electron chi connectivity index (χ1n) is 4.59. The molecule has 0 aromatic rings. The van der Waals surface area contributed by atoms with Gasteiger partial charge in [-0.15, -0.1) is 0 Å². The first-order valence-corrected chi connectivity index (χ1v) is 8.63. The maximum absolute atomic E-state index is 3.89. The normalized spacial score (nSPS) is 26.9. The molecule has 3 heteroatoms. The van der Waals surface area contributed by atoms with Gasteiger partial charge in [-0.25, -0.2) is 0 Å². The molecular weight excluding hydrogens is 280 g/mol. The van der Waals surface area contributed by atoms with Crippen molar-refractivity contribution in [3.05, 3.63) is 0 Å². The molecule has 12 heavy (non-hydrogen) atoms. The van der Waals surface area contributed by atoms with E-state index in [1.54, 1.807) is 0 Å². The van der Waals surface area contributed by atoms with Crippen LogP contribution in [0.5, 0.6) is 0 Å². The Hall–Kier alpha value is 0.860. The average molecular weight is 298 g/mol. The fraction of sp³-hybridized carbons (Fsp3) is 0.889. The molecule has 0 amide bonds. The third-order valence-electron chi connectivity index (χ3n) is 2.09. The molecule has 1 unspecified atom stereocenters. The molecule has 1 fully saturated rings. The predicted octanol–water partition coefficient (Wildman–Crippen LogP) is -1.10. The van der Waals surface area contributed by atoms with Crippen LogP contribution in [0.3, 0.4) is 0 Å². The minimum absolute atomic E-state index is 0.539. The SMILES string of the molecule is C=PCN1CC[I-]C(CCC)C1. The molecule has 72 valence electrons. The van der Waals surface area contributed by atoms with Crippen LogP contribution in [0.2, 0.25) is 0 Å². The molecule has 0 aliphatic carbocycles. The van der Waals surface area contributed by atoms with Crippen molar-refractivity contribution in [1.82, 2.24) is 4.90 Å². The summed E-state index contributed by atoms with van der Waals surface area (Å²) in [6.45, 7) is 5.04. The Morgan fingerprint density at radius 3 is 3.17 bits per heavy atom. The summed E-state index contributed by atoms with van der Waals surface area (Å²) in [6, 6.07) is 0. The van der Waals surface area contributed by atoms with Crippen LogP contribution in [0, 0.1) is 0 Å². The molecule has 1 rings (SSSR count). The number of hydrogen-bond acceptors (Lipinski definition) is 1. The summed E-state index contributed by atoms with van der Waals surface area (Å²) in [4.78, 5) is 2.60. The standard InChI is InChI=1S/C9H18INP/c1-3-4-9-7-11(8-12-2)6-5-10-9/h9H,2-8H2,1H3/q-1. The van der Waals surface area contributed by atoms with Crippen molar-refractivity contribution in [3.8, 4) is 0 Å². The summed E-state index contributed by atoms with van der Waals surface area (Å²) in [7, 11) is 1.29. The predicted molar refractivity (Wildman–Crippen MR) is 54.0 cm³/mol. The Morgan fingerprint density at radius 2 is 2.50 bits per heavy atom. The number of hydrogen-bond donors (Lipinski definition) is 0. The van der Waals surface area contributed by atoms with Gasteiger partial charge in [0, 0.05) is 0 Å². The van der Waals surface area contributed by atoms with E-state index >= 15 is 0 Å². The van der Waals surface area contributed by atoms with E-state index < -0.39 is 0 Å². The molecule has 0 aromatic carbocycles. The van der Waals surface area contributed by atoms with Crippen LogP contribution < -0.4 is 21.2 Å². The van der Waals surface area contributed by atoms with Crippen molar-refractivity contribution in [1.29, 1.82) is 0 Å². The van der Waals surface area contributed by atoms with Gasteiger partial charge >= 0.3 is 88.1 Å². The van der Waals surface area contributed by atoms with Crippen molar-refractivity contribution in [2.75, 3.05) is 23.8 Å². The molecule has 1 aliphatic heterocycles. The van der Waals surface area contributed by atoms with Crippen LogP contribution in [0.15, 0.2) is 0 Å².